The van der Waals surface area contributed by atoms with Gasteiger partial charge in [-0.2, -0.15) is 0 Å². The zero-order valence-corrected chi connectivity index (χ0v) is 11.7. The molecule has 2 aromatic carbocycles. The maximum absolute atomic E-state index is 5.81. The lowest BCUT2D eigenvalue weighted by Gasteiger charge is -2.09. The Kier molecular flexibility index (Phi) is 5.99. The van der Waals surface area contributed by atoms with Crippen molar-refractivity contribution in [2.45, 2.75) is 34.1 Å². The van der Waals surface area contributed by atoms with E-state index in [1.54, 1.807) is 0 Å². The number of ether oxygens (including phenoxy) is 1. The second kappa shape index (κ2) is 7.54. The number of para-hydroxylation sites is 1. The second-order valence-electron chi connectivity index (χ2n) is 3.87. The van der Waals surface area contributed by atoms with Gasteiger partial charge in [-0.1, -0.05) is 51.1 Å². The zero-order chi connectivity index (χ0) is 13.4. The molecule has 0 aliphatic carbocycles. The van der Waals surface area contributed by atoms with E-state index in [0.29, 0.717) is 0 Å². The van der Waals surface area contributed by atoms with Crippen LogP contribution in [0.5, 0.6) is 11.5 Å². The van der Waals surface area contributed by atoms with E-state index >= 15 is 0 Å². The molecule has 1 nitrogen and oxygen atoms in total. The smallest absolute Gasteiger partial charge is 0.130 e. The molecule has 2 aromatic rings. The van der Waals surface area contributed by atoms with Gasteiger partial charge >= 0.3 is 0 Å². The van der Waals surface area contributed by atoms with Crippen LogP contribution in [-0.2, 0) is 6.42 Å². The van der Waals surface area contributed by atoms with Gasteiger partial charge in [-0.3, -0.25) is 0 Å². The molecule has 0 amide bonds. The van der Waals surface area contributed by atoms with Gasteiger partial charge < -0.3 is 4.74 Å². The highest BCUT2D eigenvalue weighted by molar-refractivity contribution is 5.39. The van der Waals surface area contributed by atoms with E-state index in [1.165, 1.54) is 11.1 Å². The molecule has 0 atom stereocenters. The number of rotatable bonds is 3. The molecular weight excluding hydrogens is 220 g/mol. The molecule has 96 valence electrons. The summed E-state index contributed by atoms with van der Waals surface area (Å²) in [6, 6.07) is 16.2. The van der Waals surface area contributed by atoms with Gasteiger partial charge in [0.15, 0.2) is 0 Å². The molecule has 2 rings (SSSR count). The average Bonchev–Trinajstić information content (AvgIpc) is 2.44. The van der Waals surface area contributed by atoms with E-state index in [0.717, 1.165) is 17.9 Å². The highest BCUT2D eigenvalue weighted by Crippen LogP contribution is 2.25. The minimum atomic E-state index is 0.884. The van der Waals surface area contributed by atoms with Crippen LogP contribution in [0, 0.1) is 6.92 Å². The summed E-state index contributed by atoms with van der Waals surface area (Å²) in [4.78, 5) is 0. The van der Waals surface area contributed by atoms with E-state index in [2.05, 4.69) is 26.0 Å². The van der Waals surface area contributed by atoms with Crippen molar-refractivity contribution in [3.8, 4) is 11.5 Å². The van der Waals surface area contributed by atoms with Crippen molar-refractivity contribution in [3.05, 3.63) is 59.7 Å². The molecule has 0 heterocycles. The summed E-state index contributed by atoms with van der Waals surface area (Å²) in [6.45, 7) is 8.24. The van der Waals surface area contributed by atoms with Crippen molar-refractivity contribution in [2.24, 2.45) is 0 Å². The predicted molar refractivity (Wildman–Crippen MR) is 78.4 cm³/mol. The molecule has 0 spiro atoms. The first-order valence-electron chi connectivity index (χ1n) is 6.62. The maximum Gasteiger partial charge on any atom is 0.130 e. The third-order valence-electron chi connectivity index (χ3n) is 2.62. The topological polar surface area (TPSA) is 9.23 Å². The van der Waals surface area contributed by atoms with Crippen molar-refractivity contribution in [2.75, 3.05) is 0 Å². The number of aryl methyl sites for hydroxylation is 2. The molecule has 0 aromatic heterocycles. The van der Waals surface area contributed by atoms with Gasteiger partial charge in [0.1, 0.15) is 11.5 Å². The molecule has 18 heavy (non-hydrogen) atoms. The van der Waals surface area contributed by atoms with Gasteiger partial charge in [0.25, 0.3) is 0 Å². The van der Waals surface area contributed by atoms with E-state index in [-0.39, 0.29) is 0 Å². The van der Waals surface area contributed by atoms with Crippen molar-refractivity contribution in [3.63, 3.8) is 0 Å². The first-order valence-corrected chi connectivity index (χ1v) is 6.62. The lowest BCUT2D eigenvalue weighted by Crippen LogP contribution is -1.89. The Bertz CT molecular complexity index is 460. The third-order valence-corrected chi connectivity index (χ3v) is 2.62. The average molecular weight is 242 g/mol. The molecule has 0 aliphatic heterocycles. The van der Waals surface area contributed by atoms with Crippen LogP contribution < -0.4 is 4.74 Å². The van der Waals surface area contributed by atoms with Crippen molar-refractivity contribution >= 4 is 0 Å². The lowest BCUT2D eigenvalue weighted by molar-refractivity contribution is 0.478. The van der Waals surface area contributed by atoms with Gasteiger partial charge in [-0.15, -0.1) is 0 Å². The number of hydrogen-bond acceptors (Lipinski definition) is 1. The fourth-order valence-electron chi connectivity index (χ4n) is 1.66. The molecule has 0 fully saturated rings. The summed E-state index contributed by atoms with van der Waals surface area (Å²) in [7, 11) is 0. The zero-order valence-electron chi connectivity index (χ0n) is 11.7. The van der Waals surface area contributed by atoms with E-state index < -0.39 is 0 Å². The Morgan fingerprint density at radius 2 is 1.61 bits per heavy atom. The van der Waals surface area contributed by atoms with Gasteiger partial charge in [0.05, 0.1) is 0 Å². The number of hydrogen-bond donors (Lipinski definition) is 0. The molecule has 0 radical (unpaired) electrons. The Morgan fingerprint density at radius 3 is 2.17 bits per heavy atom. The Hall–Kier alpha value is -1.76. The minimum Gasteiger partial charge on any atom is -0.457 e. The predicted octanol–water partition coefficient (Wildman–Crippen LogP) is 5.38. The normalized spacial score (nSPS) is 9.33. The van der Waals surface area contributed by atoms with E-state index in [4.69, 9.17) is 4.74 Å². The van der Waals surface area contributed by atoms with E-state index in [1.807, 2.05) is 50.2 Å². The molecule has 1 heteroatoms. The molecule has 0 N–H and O–H groups in total. The Labute approximate surface area is 110 Å². The largest absolute Gasteiger partial charge is 0.457 e. The monoisotopic (exact) mass is 242 g/mol. The van der Waals surface area contributed by atoms with Crippen LogP contribution in [0.4, 0.5) is 0 Å². The molecule has 0 aliphatic rings. The van der Waals surface area contributed by atoms with Crippen LogP contribution >= 0.6 is 0 Å². The third kappa shape index (κ3) is 3.92. The van der Waals surface area contributed by atoms with Crippen LogP contribution in [0.3, 0.4) is 0 Å². The summed E-state index contributed by atoms with van der Waals surface area (Å²) in [6.07, 6.45) is 1.06. The molecule has 0 bridgehead atoms. The SMILES string of the molecule is CC.CCc1ccc(Oc2ccccc2)c(C)c1. The highest BCUT2D eigenvalue weighted by Gasteiger charge is 2.01. The fourth-order valence-corrected chi connectivity index (χ4v) is 1.66. The van der Waals surface area contributed by atoms with Gasteiger partial charge in [0.2, 0.25) is 0 Å². The highest BCUT2D eigenvalue weighted by atomic mass is 16.5. The summed E-state index contributed by atoms with van der Waals surface area (Å²) in [5.74, 6) is 1.82. The van der Waals surface area contributed by atoms with Crippen LogP contribution in [0.1, 0.15) is 31.9 Å². The fraction of sp³-hybridized carbons (Fsp3) is 0.294. The van der Waals surface area contributed by atoms with Crippen molar-refractivity contribution in [1.82, 2.24) is 0 Å². The van der Waals surface area contributed by atoms with Gasteiger partial charge in [-0.05, 0) is 42.7 Å². The van der Waals surface area contributed by atoms with Gasteiger partial charge in [-0.25, -0.2) is 0 Å². The first kappa shape index (κ1) is 14.3. The molecule has 0 saturated carbocycles. The van der Waals surface area contributed by atoms with Crippen LogP contribution in [0.15, 0.2) is 48.5 Å². The summed E-state index contributed by atoms with van der Waals surface area (Å²) in [5, 5.41) is 0. The van der Waals surface area contributed by atoms with Crippen LogP contribution in [-0.4, -0.2) is 0 Å². The Balaban J connectivity index is 0.000000771. The Morgan fingerprint density at radius 1 is 0.944 bits per heavy atom. The quantitative estimate of drug-likeness (QED) is 0.702. The minimum absolute atomic E-state index is 0.884. The van der Waals surface area contributed by atoms with Crippen molar-refractivity contribution in [1.29, 1.82) is 0 Å². The lowest BCUT2D eigenvalue weighted by atomic mass is 10.1. The summed E-state index contributed by atoms with van der Waals surface area (Å²) >= 11 is 0. The van der Waals surface area contributed by atoms with Crippen LogP contribution in [0.2, 0.25) is 0 Å². The van der Waals surface area contributed by atoms with E-state index in [9.17, 15) is 0 Å². The summed E-state index contributed by atoms with van der Waals surface area (Å²) in [5.41, 5.74) is 2.53. The first-order chi connectivity index (χ1) is 8.79. The second-order valence-corrected chi connectivity index (χ2v) is 3.87. The molecule has 0 unspecified atom stereocenters. The summed E-state index contributed by atoms with van der Waals surface area (Å²) < 4.78 is 5.81. The molecule has 0 saturated heterocycles. The number of benzene rings is 2. The molecular formula is C17H22O. The van der Waals surface area contributed by atoms with Crippen molar-refractivity contribution < 1.29 is 4.74 Å². The standard InChI is InChI=1S/C15H16O.C2H6/c1-3-13-9-10-15(12(2)11-13)16-14-7-5-4-6-8-14;1-2/h4-11H,3H2,1-2H3;1-2H3. The van der Waals surface area contributed by atoms with Crippen LogP contribution in [0.25, 0.3) is 0 Å². The maximum atomic E-state index is 5.81. The van der Waals surface area contributed by atoms with Gasteiger partial charge in [0, 0.05) is 0 Å².